The van der Waals surface area contributed by atoms with Gasteiger partial charge in [-0.1, -0.05) is 11.8 Å². The van der Waals surface area contributed by atoms with Gasteiger partial charge in [-0.25, -0.2) is 4.39 Å². The van der Waals surface area contributed by atoms with E-state index in [0.29, 0.717) is 5.16 Å². The molecule has 1 saturated heterocycles. The zero-order valence-corrected chi connectivity index (χ0v) is 20.9. The molecule has 0 unspecified atom stereocenters. The van der Waals surface area contributed by atoms with Crippen molar-refractivity contribution in [2.75, 3.05) is 43.2 Å². The summed E-state index contributed by atoms with van der Waals surface area (Å²) in [6.45, 7) is 6.22. The Morgan fingerprint density at radius 3 is 2.44 bits per heavy atom. The number of rotatable bonds is 8. The summed E-state index contributed by atoms with van der Waals surface area (Å²) < 4.78 is 15.4. The van der Waals surface area contributed by atoms with Crippen LogP contribution in [0.2, 0.25) is 0 Å². The third-order valence-electron chi connectivity index (χ3n) is 6.18. The first-order chi connectivity index (χ1) is 16.3. The van der Waals surface area contributed by atoms with Crippen molar-refractivity contribution in [1.82, 2.24) is 19.7 Å². The number of hydrogen-bond donors (Lipinski definition) is 1. The molecule has 0 saturated carbocycles. The fourth-order valence-corrected chi connectivity index (χ4v) is 4.74. The molecule has 1 aliphatic heterocycles. The molecule has 1 aliphatic rings. The van der Waals surface area contributed by atoms with Gasteiger partial charge in [0.2, 0.25) is 5.91 Å². The summed E-state index contributed by atoms with van der Waals surface area (Å²) in [5.41, 5.74) is 3.82. The van der Waals surface area contributed by atoms with E-state index in [-0.39, 0.29) is 23.5 Å². The Bertz CT molecular complexity index is 1140. The number of thioether (sulfide) groups is 1. The Hall–Kier alpha value is -2.91. The van der Waals surface area contributed by atoms with Gasteiger partial charge in [0.25, 0.3) is 0 Å². The normalized spacial score (nSPS) is 14.6. The van der Waals surface area contributed by atoms with Gasteiger partial charge in [-0.3, -0.25) is 14.3 Å². The van der Waals surface area contributed by atoms with Crippen LogP contribution < -0.4 is 10.2 Å². The Morgan fingerprint density at radius 1 is 1.12 bits per heavy atom. The van der Waals surface area contributed by atoms with Crippen molar-refractivity contribution >= 4 is 29.0 Å². The number of nitrogens with zero attached hydrogens (tertiary/aromatic N) is 5. The second-order valence-electron chi connectivity index (χ2n) is 8.82. The molecule has 1 atom stereocenters. The van der Waals surface area contributed by atoms with Crippen LogP contribution in [0.5, 0.6) is 0 Å². The van der Waals surface area contributed by atoms with Gasteiger partial charge in [0.1, 0.15) is 5.82 Å². The summed E-state index contributed by atoms with van der Waals surface area (Å²) in [4.78, 5) is 17.2. The fraction of sp³-hybridized carbons (Fsp3) is 0.400. The fourth-order valence-electron chi connectivity index (χ4n) is 3.99. The molecule has 0 aliphatic carbocycles. The van der Waals surface area contributed by atoms with Crippen molar-refractivity contribution in [3.05, 3.63) is 59.7 Å². The van der Waals surface area contributed by atoms with Crippen molar-refractivity contribution < 1.29 is 9.18 Å². The van der Waals surface area contributed by atoms with E-state index in [1.165, 1.54) is 42.4 Å². The molecule has 9 heteroatoms. The second kappa shape index (κ2) is 10.6. The maximum absolute atomic E-state index is 13.5. The lowest BCUT2D eigenvalue weighted by Gasteiger charge is -2.20. The molecule has 0 spiro atoms. The molecule has 2 heterocycles. The van der Waals surface area contributed by atoms with Gasteiger partial charge in [0.05, 0.1) is 11.8 Å². The standard InChI is InChI=1S/C25H31FN6OS/c1-17-15-21(31-13-5-6-14-31)11-12-22(17)27-23(33)16-34-25-29-28-24(18(2)30(3)4)32(25)20-9-7-19(26)8-10-20/h7-12,15,18H,5-6,13-14,16H2,1-4H3,(H,27,33)/t18-/m0/s1. The van der Waals surface area contributed by atoms with Crippen molar-refractivity contribution in [2.24, 2.45) is 0 Å². The van der Waals surface area contributed by atoms with E-state index in [0.717, 1.165) is 35.9 Å². The van der Waals surface area contributed by atoms with Crippen LogP contribution in [0.3, 0.4) is 0 Å². The minimum absolute atomic E-state index is 0.0162. The number of carbonyl (C=O) groups is 1. The molecule has 1 aromatic heterocycles. The minimum atomic E-state index is -0.307. The summed E-state index contributed by atoms with van der Waals surface area (Å²) >= 11 is 1.31. The maximum atomic E-state index is 13.5. The zero-order valence-electron chi connectivity index (χ0n) is 20.1. The number of carbonyl (C=O) groups excluding carboxylic acids is 1. The monoisotopic (exact) mass is 482 g/mol. The van der Waals surface area contributed by atoms with E-state index in [4.69, 9.17) is 0 Å². The number of aryl methyl sites for hydroxylation is 1. The summed E-state index contributed by atoms with van der Waals surface area (Å²) in [7, 11) is 3.93. The number of anilines is 2. The maximum Gasteiger partial charge on any atom is 0.234 e. The van der Waals surface area contributed by atoms with Gasteiger partial charge in [-0.05, 0) is 88.8 Å². The Balaban J connectivity index is 1.47. The lowest BCUT2D eigenvalue weighted by atomic mass is 10.1. The highest BCUT2D eigenvalue weighted by atomic mass is 32.2. The van der Waals surface area contributed by atoms with Crippen LogP contribution in [-0.2, 0) is 4.79 Å². The summed E-state index contributed by atoms with van der Waals surface area (Å²) in [5, 5.41) is 12.3. The smallest absolute Gasteiger partial charge is 0.234 e. The molecule has 4 rings (SSSR count). The lowest BCUT2D eigenvalue weighted by Crippen LogP contribution is -2.21. The number of hydrogen-bond acceptors (Lipinski definition) is 6. The van der Waals surface area contributed by atoms with E-state index in [1.807, 2.05) is 43.5 Å². The van der Waals surface area contributed by atoms with Gasteiger partial charge in [0, 0.05) is 30.2 Å². The third-order valence-corrected chi connectivity index (χ3v) is 7.11. The van der Waals surface area contributed by atoms with Crippen LogP contribution >= 0.6 is 11.8 Å². The quantitative estimate of drug-likeness (QED) is 0.471. The largest absolute Gasteiger partial charge is 0.372 e. The second-order valence-corrected chi connectivity index (χ2v) is 9.76. The first-order valence-corrected chi connectivity index (χ1v) is 12.5. The molecule has 1 amide bonds. The lowest BCUT2D eigenvalue weighted by molar-refractivity contribution is -0.113. The van der Waals surface area contributed by atoms with Gasteiger partial charge < -0.3 is 10.2 Å². The van der Waals surface area contributed by atoms with E-state index in [9.17, 15) is 9.18 Å². The zero-order chi connectivity index (χ0) is 24.2. The van der Waals surface area contributed by atoms with E-state index in [1.54, 1.807) is 12.1 Å². The van der Waals surface area contributed by atoms with E-state index < -0.39 is 0 Å². The van der Waals surface area contributed by atoms with Gasteiger partial charge in [-0.15, -0.1) is 10.2 Å². The molecule has 34 heavy (non-hydrogen) atoms. The Labute approximate surface area is 204 Å². The van der Waals surface area contributed by atoms with Gasteiger partial charge >= 0.3 is 0 Å². The Kier molecular flexibility index (Phi) is 7.53. The predicted molar refractivity (Wildman–Crippen MR) is 135 cm³/mol. The molecule has 1 N–H and O–H groups in total. The average molecular weight is 483 g/mol. The first-order valence-electron chi connectivity index (χ1n) is 11.5. The molecule has 2 aromatic carbocycles. The van der Waals surface area contributed by atoms with Crippen molar-refractivity contribution in [1.29, 1.82) is 0 Å². The number of amides is 1. The van der Waals surface area contributed by atoms with Gasteiger partial charge in [-0.2, -0.15) is 0 Å². The first kappa shape index (κ1) is 24.2. The molecule has 180 valence electrons. The molecular weight excluding hydrogens is 451 g/mol. The van der Waals surface area contributed by atoms with Crippen LogP contribution in [0.25, 0.3) is 5.69 Å². The average Bonchev–Trinajstić information content (AvgIpc) is 3.49. The Morgan fingerprint density at radius 2 is 1.79 bits per heavy atom. The third kappa shape index (κ3) is 5.42. The highest BCUT2D eigenvalue weighted by Gasteiger charge is 2.22. The van der Waals surface area contributed by atoms with Crippen LogP contribution in [-0.4, -0.2) is 58.5 Å². The summed E-state index contributed by atoms with van der Waals surface area (Å²) in [5.74, 6) is 0.493. The number of nitrogens with one attached hydrogen (secondary N) is 1. The molecule has 0 bridgehead atoms. The highest BCUT2D eigenvalue weighted by molar-refractivity contribution is 7.99. The molecular formula is C25H31FN6OS. The van der Waals surface area contributed by atoms with Gasteiger partial charge in [0.15, 0.2) is 11.0 Å². The van der Waals surface area contributed by atoms with Crippen LogP contribution in [0.1, 0.15) is 37.2 Å². The number of aromatic nitrogens is 3. The molecule has 7 nitrogen and oxygen atoms in total. The topological polar surface area (TPSA) is 66.3 Å². The summed E-state index contributed by atoms with van der Waals surface area (Å²) in [6.07, 6.45) is 2.46. The van der Waals surface area contributed by atoms with Crippen LogP contribution in [0, 0.1) is 12.7 Å². The van der Waals surface area contributed by atoms with E-state index in [2.05, 4.69) is 32.5 Å². The van der Waals surface area contributed by atoms with Crippen LogP contribution in [0.15, 0.2) is 47.6 Å². The van der Waals surface area contributed by atoms with Crippen molar-refractivity contribution in [3.63, 3.8) is 0 Å². The minimum Gasteiger partial charge on any atom is -0.372 e. The van der Waals surface area contributed by atoms with Crippen molar-refractivity contribution in [2.45, 2.75) is 37.9 Å². The number of benzene rings is 2. The van der Waals surface area contributed by atoms with E-state index >= 15 is 0 Å². The SMILES string of the molecule is Cc1cc(N2CCCC2)ccc1NC(=O)CSc1nnc([C@H](C)N(C)C)n1-c1ccc(F)cc1. The summed E-state index contributed by atoms with van der Waals surface area (Å²) in [6, 6.07) is 12.4. The highest BCUT2D eigenvalue weighted by Crippen LogP contribution is 2.28. The number of halogens is 1. The predicted octanol–water partition coefficient (Wildman–Crippen LogP) is 4.67. The van der Waals surface area contributed by atoms with Crippen LogP contribution in [0.4, 0.5) is 15.8 Å². The van der Waals surface area contributed by atoms with Crippen molar-refractivity contribution in [3.8, 4) is 5.69 Å². The molecule has 1 fully saturated rings. The molecule has 0 radical (unpaired) electrons. The molecule has 3 aromatic rings.